The molecule has 4 fully saturated rings. The quantitative estimate of drug-likeness (QED) is 0.0312. The van der Waals surface area contributed by atoms with Crippen LogP contribution in [0.3, 0.4) is 0 Å². The molecule has 2 aromatic heterocycles. The highest BCUT2D eigenvalue weighted by molar-refractivity contribution is 7.23. The number of aromatic nitrogens is 2. The van der Waals surface area contributed by atoms with Crippen LogP contribution in [-0.2, 0) is 19.1 Å². The SMILES string of the molecule is [C-]#[N+]c1c(N)sc2c(F)ccc(-c3c(Cl)cc4c(N5CC6CCC(C5)N6)nc(OCC5CCCN5CCCOCCC(=O)N[C@H](C(=O)N5C[C@H](O)C[C@H]5C(=O)N[C@@H](C)c5ccc(-c6c(F)cccc6F)cc5)C(C)(C)C)nc4c3F)c12. The molecule has 2 bridgehead atoms. The average Bonchev–Trinajstić information content (AvgIpc) is 4.03. The Morgan fingerprint density at radius 1 is 0.963 bits per heavy atom. The first kappa shape index (κ1) is 57.6. The van der Waals surface area contributed by atoms with Gasteiger partial charge in [0.15, 0.2) is 5.82 Å². The van der Waals surface area contributed by atoms with Crippen LogP contribution in [0.15, 0.2) is 60.7 Å². The molecule has 0 aliphatic carbocycles. The number of nitrogens with one attached hydrogen (secondary N) is 3. The molecule has 4 aliphatic heterocycles. The summed E-state index contributed by atoms with van der Waals surface area (Å²) in [5.41, 5.74) is 6.43. The van der Waals surface area contributed by atoms with Crippen molar-refractivity contribution in [2.75, 3.05) is 63.2 Å². The summed E-state index contributed by atoms with van der Waals surface area (Å²) >= 11 is 7.87. The van der Waals surface area contributed by atoms with Crippen LogP contribution in [0.4, 0.5) is 34.1 Å². The van der Waals surface area contributed by atoms with Gasteiger partial charge in [0.2, 0.25) is 23.4 Å². The van der Waals surface area contributed by atoms with Crippen molar-refractivity contribution in [1.29, 1.82) is 0 Å². The largest absolute Gasteiger partial charge is 0.462 e. The Morgan fingerprint density at radius 2 is 1.69 bits per heavy atom. The lowest BCUT2D eigenvalue weighted by Crippen LogP contribution is -2.58. The van der Waals surface area contributed by atoms with Gasteiger partial charge in [-0.1, -0.05) is 68.8 Å². The highest BCUT2D eigenvalue weighted by atomic mass is 35.5. The normalized spacial score (nSPS) is 20.9. The third kappa shape index (κ3) is 12.1. The number of likely N-dealkylation sites (tertiary alicyclic amines) is 2. The smallest absolute Gasteiger partial charge is 0.319 e. The van der Waals surface area contributed by atoms with Crippen molar-refractivity contribution in [3.05, 3.63) is 106 Å². The molecule has 10 rings (SSSR count). The van der Waals surface area contributed by atoms with Crippen LogP contribution in [0.2, 0.25) is 5.02 Å². The fourth-order valence-electron chi connectivity index (χ4n) is 11.8. The van der Waals surface area contributed by atoms with Crippen molar-refractivity contribution in [1.82, 2.24) is 35.7 Å². The van der Waals surface area contributed by atoms with E-state index in [-0.39, 0.29) is 105 Å². The Labute approximate surface area is 476 Å². The number of nitrogens with zero attached hydrogens (tertiary/aromatic N) is 6. The number of ether oxygens (including phenoxy) is 2. The summed E-state index contributed by atoms with van der Waals surface area (Å²) < 4.78 is 73.7. The molecule has 0 saturated carbocycles. The van der Waals surface area contributed by atoms with Gasteiger partial charge < -0.3 is 46.1 Å². The molecule has 6 aromatic rings. The number of β-amino-alcohol motifs (C(OH)–C–C–N with tert-alkyl or cyclic N) is 1. The molecule has 6 N–H and O–H groups in total. The summed E-state index contributed by atoms with van der Waals surface area (Å²) in [5.74, 6) is -3.63. The van der Waals surface area contributed by atoms with E-state index >= 15 is 8.78 Å². The van der Waals surface area contributed by atoms with Crippen molar-refractivity contribution in [3.63, 3.8) is 0 Å². The van der Waals surface area contributed by atoms with Crippen molar-refractivity contribution in [2.45, 2.75) is 115 Å². The van der Waals surface area contributed by atoms with Gasteiger partial charge in [-0.25, -0.2) is 22.4 Å². The summed E-state index contributed by atoms with van der Waals surface area (Å²) in [6.45, 7) is 18.3. The number of fused-ring (bicyclic) bond motifs is 4. The Morgan fingerprint density at radius 3 is 2.40 bits per heavy atom. The minimum atomic E-state index is -1.03. The minimum Gasteiger partial charge on any atom is -0.462 e. The first-order chi connectivity index (χ1) is 38.8. The highest BCUT2D eigenvalue weighted by Gasteiger charge is 2.45. The zero-order valence-corrected chi connectivity index (χ0v) is 47.0. The first-order valence-corrected chi connectivity index (χ1v) is 28.6. The van der Waals surface area contributed by atoms with Crippen LogP contribution in [-0.4, -0.2) is 131 Å². The molecule has 4 aromatic carbocycles. The number of piperazine rings is 1. The lowest BCUT2D eigenvalue weighted by atomic mass is 9.85. The monoisotopic (exact) mass is 1150 g/mol. The molecule has 0 radical (unpaired) electrons. The number of amides is 3. The molecule has 22 heteroatoms. The van der Waals surface area contributed by atoms with Crippen molar-refractivity contribution in [3.8, 4) is 28.3 Å². The Hall–Kier alpha value is -6.67. The molecule has 16 nitrogen and oxygen atoms in total. The summed E-state index contributed by atoms with van der Waals surface area (Å²) in [7, 11) is 0. The van der Waals surface area contributed by atoms with Gasteiger partial charge in [-0.15, -0.1) is 11.3 Å². The fraction of sp³-hybridized carbons (Fsp3) is 0.458. The van der Waals surface area contributed by atoms with Crippen molar-refractivity contribution in [2.24, 2.45) is 5.41 Å². The zero-order chi connectivity index (χ0) is 57.4. The molecule has 6 heterocycles. The van der Waals surface area contributed by atoms with Gasteiger partial charge in [0, 0.05) is 80.1 Å². The third-order valence-electron chi connectivity index (χ3n) is 15.9. The van der Waals surface area contributed by atoms with Crippen molar-refractivity contribution < 1.29 is 46.5 Å². The summed E-state index contributed by atoms with van der Waals surface area (Å²) in [6, 6.07) is 12.3. The molecule has 0 spiro atoms. The molecule has 7 atom stereocenters. The number of aliphatic hydroxyl groups excluding tert-OH is 1. The van der Waals surface area contributed by atoms with Gasteiger partial charge >= 0.3 is 6.01 Å². The number of nitrogen functional groups attached to an aromatic ring is 1. The van der Waals surface area contributed by atoms with Gasteiger partial charge in [0.05, 0.1) is 45.6 Å². The molecule has 81 heavy (non-hydrogen) atoms. The summed E-state index contributed by atoms with van der Waals surface area (Å²) in [4.78, 5) is 60.3. The maximum atomic E-state index is 17.3. The van der Waals surface area contributed by atoms with E-state index in [0.717, 1.165) is 43.6 Å². The molecule has 4 aliphatic rings. The van der Waals surface area contributed by atoms with E-state index in [1.54, 1.807) is 37.3 Å². The van der Waals surface area contributed by atoms with Crippen LogP contribution in [0.5, 0.6) is 6.01 Å². The third-order valence-corrected chi connectivity index (χ3v) is 17.3. The molecule has 3 amide bonds. The maximum absolute atomic E-state index is 17.3. The number of nitrogens with two attached hydrogens (primary N) is 1. The summed E-state index contributed by atoms with van der Waals surface area (Å²) in [6.07, 6.45) is 3.44. The Balaban J connectivity index is 0.734. The average molecular weight is 1150 g/mol. The second-order valence-electron chi connectivity index (χ2n) is 22.6. The topological polar surface area (TPSA) is 192 Å². The number of carbonyl (C=O) groups is 3. The fourth-order valence-corrected chi connectivity index (χ4v) is 13.1. The standard InChI is InChI=1S/C59H65ClF4N10O6S/c1-31(32-12-14-33(15-13-32)46-41(61)10-6-11-42(46)62)67-56(77)44-25-37(75)29-74(44)57(78)53(59(2,3)4)69-45(76)20-24-79-23-8-22-72-21-7-9-36(72)30-80-58-70-50-39(55(71-58)73-27-34-16-17-35(28-73)68-34)26-40(60)47(49(50)64)38-18-19-43(63)52-48(38)51(66-5)54(65)81-52/h6,10-15,18-19,26,31,34-37,44,53,68,75H,7-9,16-17,20-25,27-30,65H2,1-4H3,(H,67,77)(H,69,76)/t31-,34?,35?,36?,37+,44-,53+/m0/s1. The summed E-state index contributed by atoms with van der Waals surface area (Å²) in [5, 5.41) is 20.9. The number of hydrogen-bond acceptors (Lipinski definition) is 13. The van der Waals surface area contributed by atoms with Gasteiger partial charge in [-0.3, -0.25) is 19.3 Å². The van der Waals surface area contributed by atoms with E-state index in [0.29, 0.717) is 55.0 Å². The van der Waals surface area contributed by atoms with E-state index in [1.807, 2.05) is 20.8 Å². The molecule has 428 valence electrons. The molecular weight excluding hydrogens is 1090 g/mol. The van der Waals surface area contributed by atoms with E-state index < -0.39 is 70.6 Å². The van der Waals surface area contributed by atoms with Gasteiger partial charge in [-0.05, 0) is 91.9 Å². The van der Waals surface area contributed by atoms with Crippen LogP contribution in [0.1, 0.15) is 84.2 Å². The predicted molar refractivity (Wildman–Crippen MR) is 304 cm³/mol. The van der Waals surface area contributed by atoms with E-state index in [1.165, 1.54) is 35.2 Å². The zero-order valence-electron chi connectivity index (χ0n) is 45.5. The lowest BCUT2D eigenvalue weighted by molar-refractivity contribution is -0.144. The lowest BCUT2D eigenvalue weighted by Gasteiger charge is -2.35. The van der Waals surface area contributed by atoms with Crippen LogP contribution < -0.4 is 31.3 Å². The maximum Gasteiger partial charge on any atom is 0.319 e. The first-order valence-electron chi connectivity index (χ1n) is 27.4. The molecular formula is C59H65ClF4N10O6S. The van der Waals surface area contributed by atoms with Gasteiger partial charge in [0.25, 0.3) is 0 Å². The minimum absolute atomic E-state index is 0.000268. The van der Waals surface area contributed by atoms with Crippen LogP contribution in [0.25, 0.3) is 48.1 Å². The number of halogens is 5. The number of anilines is 2. The van der Waals surface area contributed by atoms with E-state index in [4.69, 9.17) is 38.4 Å². The Bertz CT molecular complexity index is 3380. The number of hydrogen-bond donors (Lipinski definition) is 5. The van der Waals surface area contributed by atoms with Crippen molar-refractivity contribution >= 4 is 78.2 Å². The number of aliphatic hydroxyl groups is 1. The molecule has 4 saturated heterocycles. The number of rotatable bonds is 18. The second kappa shape index (κ2) is 24.0. The number of carbonyl (C=O) groups excluding carboxylic acids is 3. The highest BCUT2D eigenvalue weighted by Crippen LogP contribution is 2.49. The van der Waals surface area contributed by atoms with Gasteiger partial charge in [0.1, 0.15) is 47.5 Å². The molecule has 3 unspecified atom stereocenters. The van der Waals surface area contributed by atoms with E-state index in [9.17, 15) is 28.3 Å². The van der Waals surface area contributed by atoms with Crippen LogP contribution >= 0.6 is 22.9 Å². The second-order valence-corrected chi connectivity index (χ2v) is 24.1. The number of thiophene rings is 1. The Kier molecular flexibility index (Phi) is 17.1. The van der Waals surface area contributed by atoms with E-state index in [2.05, 4.69) is 35.6 Å². The van der Waals surface area contributed by atoms with Crippen LogP contribution in [0, 0.1) is 35.3 Å². The van der Waals surface area contributed by atoms with Gasteiger partial charge in [-0.2, -0.15) is 9.97 Å². The number of benzene rings is 4. The predicted octanol–water partition coefficient (Wildman–Crippen LogP) is 9.47.